The van der Waals surface area contributed by atoms with E-state index in [2.05, 4.69) is 6.92 Å². The molecular weight excluding hydrogens is 288 g/mol. The molecule has 1 aliphatic rings. The predicted molar refractivity (Wildman–Crippen MR) is 82.7 cm³/mol. The zero-order chi connectivity index (χ0) is 15.5. The van der Waals surface area contributed by atoms with Crippen LogP contribution in [0, 0.1) is 5.92 Å². The number of methoxy groups -OCH3 is 1. The van der Waals surface area contributed by atoms with E-state index in [0.29, 0.717) is 31.3 Å². The lowest BCUT2D eigenvalue weighted by Gasteiger charge is -2.19. The van der Waals surface area contributed by atoms with Crippen LogP contribution in [-0.2, 0) is 16.6 Å². The van der Waals surface area contributed by atoms with Gasteiger partial charge in [0.25, 0.3) is 0 Å². The molecule has 1 unspecified atom stereocenters. The van der Waals surface area contributed by atoms with Crippen molar-refractivity contribution in [3.05, 3.63) is 23.8 Å². The summed E-state index contributed by atoms with van der Waals surface area (Å²) in [7, 11) is -2.03. The lowest BCUT2D eigenvalue weighted by Crippen LogP contribution is -2.29. The molecule has 118 valence electrons. The van der Waals surface area contributed by atoms with Crippen LogP contribution in [0.4, 0.5) is 0 Å². The molecular formula is C15H24N2O3S. The van der Waals surface area contributed by atoms with Crippen LogP contribution in [-0.4, -0.2) is 32.9 Å². The number of sulfonamides is 1. The number of ether oxygens (including phenoxy) is 1. The standard InChI is InChI=1S/C15H24N2O3S/c1-3-4-12-7-8-17(11-12)21(18,19)15-9-13(10-16)5-6-14(15)20-2/h5-6,9,12H,3-4,7-8,10-11,16H2,1-2H3. The second-order valence-electron chi connectivity index (χ2n) is 5.50. The predicted octanol–water partition coefficient (Wildman–Crippen LogP) is 1.96. The molecule has 1 aliphatic heterocycles. The number of nitrogens with zero attached hydrogens (tertiary/aromatic N) is 1. The van der Waals surface area contributed by atoms with Crippen LogP contribution in [0.1, 0.15) is 31.7 Å². The first-order valence-corrected chi connectivity index (χ1v) is 8.84. The zero-order valence-corrected chi connectivity index (χ0v) is 13.5. The van der Waals surface area contributed by atoms with Crippen molar-refractivity contribution in [2.24, 2.45) is 11.7 Å². The van der Waals surface area contributed by atoms with Crippen LogP contribution >= 0.6 is 0 Å². The Hall–Kier alpha value is -1.11. The van der Waals surface area contributed by atoms with E-state index in [1.54, 1.807) is 22.5 Å². The number of nitrogens with two attached hydrogens (primary N) is 1. The largest absolute Gasteiger partial charge is 0.495 e. The molecule has 6 heteroatoms. The minimum Gasteiger partial charge on any atom is -0.495 e. The van der Waals surface area contributed by atoms with Gasteiger partial charge in [0.2, 0.25) is 10.0 Å². The normalized spacial score (nSPS) is 19.9. The molecule has 1 atom stereocenters. The van der Waals surface area contributed by atoms with Crippen molar-refractivity contribution < 1.29 is 13.2 Å². The Labute approximate surface area is 127 Å². The van der Waals surface area contributed by atoms with Gasteiger partial charge < -0.3 is 10.5 Å². The van der Waals surface area contributed by atoms with Gasteiger partial charge in [-0.05, 0) is 36.5 Å². The van der Waals surface area contributed by atoms with Gasteiger partial charge >= 0.3 is 0 Å². The highest BCUT2D eigenvalue weighted by Crippen LogP contribution is 2.32. The van der Waals surface area contributed by atoms with E-state index < -0.39 is 10.0 Å². The van der Waals surface area contributed by atoms with Crippen LogP contribution < -0.4 is 10.5 Å². The van der Waals surface area contributed by atoms with E-state index in [0.717, 1.165) is 24.8 Å². The summed E-state index contributed by atoms with van der Waals surface area (Å²) in [4.78, 5) is 0.227. The van der Waals surface area contributed by atoms with Crippen molar-refractivity contribution in [3.63, 3.8) is 0 Å². The summed E-state index contributed by atoms with van der Waals surface area (Å²) >= 11 is 0. The maximum Gasteiger partial charge on any atom is 0.246 e. The van der Waals surface area contributed by atoms with Gasteiger partial charge in [-0.1, -0.05) is 19.4 Å². The lowest BCUT2D eigenvalue weighted by molar-refractivity contribution is 0.396. The topological polar surface area (TPSA) is 72.6 Å². The van der Waals surface area contributed by atoms with E-state index in [1.807, 2.05) is 0 Å². The summed E-state index contributed by atoms with van der Waals surface area (Å²) in [5, 5.41) is 0. The smallest absolute Gasteiger partial charge is 0.246 e. The monoisotopic (exact) mass is 312 g/mol. The summed E-state index contributed by atoms with van der Waals surface area (Å²) in [6.07, 6.45) is 3.10. The minimum atomic E-state index is -3.51. The third-order valence-corrected chi connectivity index (χ3v) is 5.91. The summed E-state index contributed by atoms with van der Waals surface area (Å²) < 4.78 is 32.5. The molecule has 21 heavy (non-hydrogen) atoms. The number of benzene rings is 1. The average Bonchev–Trinajstić information content (AvgIpc) is 2.96. The molecule has 1 aromatic carbocycles. The quantitative estimate of drug-likeness (QED) is 0.871. The number of hydrogen-bond donors (Lipinski definition) is 1. The maximum absolute atomic E-state index is 12.8. The van der Waals surface area contributed by atoms with Crippen LogP contribution in [0.5, 0.6) is 5.75 Å². The molecule has 0 aromatic heterocycles. The molecule has 0 aliphatic carbocycles. The van der Waals surface area contributed by atoms with Gasteiger partial charge in [0.1, 0.15) is 10.6 Å². The zero-order valence-electron chi connectivity index (χ0n) is 12.7. The van der Waals surface area contributed by atoms with Crippen molar-refractivity contribution in [3.8, 4) is 5.75 Å². The molecule has 1 aromatic rings. The minimum absolute atomic E-state index is 0.227. The van der Waals surface area contributed by atoms with Crippen molar-refractivity contribution in [2.75, 3.05) is 20.2 Å². The second-order valence-corrected chi connectivity index (χ2v) is 7.40. The fraction of sp³-hybridized carbons (Fsp3) is 0.600. The van der Waals surface area contributed by atoms with Crippen molar-refractivity contribution in [2.45, 2.75) is 37.6 Å². The number of rotatable bonds is 6. The van der Waals surface area contributed by atoms with Crippen LogP contribution in [0.25, 0.3) is 0 Å². The Morgan fingerprint density at radius 1 is 1.43 bits per heavy atom. The van der Waals surface area contributed by atoms with Gasteiger partial charge in [-0.25, -0.2) is 8.42 Å². The highest BCUT2D eigenvalue weighted by atomic mass is 32.2. The summed E-state index contributed by atoms with van der Waals surface area (Å²) in [5.41, 5.74) is 6.41. The highest BCUT2D eigenvalue weighted by Gasteiger charge is 2.33. The fourth-order valence-corrected chi connectivity index (χ4v) is 4.58. The average molecular weight is 312 g/mol. The summed E-state index contributed by atoms with van der Waals surface area (Å²) in [6, 6.07) is 5.09. The molecule has 0 bridgehead atoms. The molecule has 2 rings (SSSR count). The van der Waals surface area contributed by atoms with E-state index in [-0.39, 0.29) is 4.90 Å². The van der Waals surface area contributed by atoms with E-state index >= 15 is 0 Å². The van der Waals surface area contributed by atoms with Crippen molar-refractivity contribution in [1.29, 1.82) is 0 Å². The van der Waals surface area contributed by atoms with E-state index in [1.165, 1.54) is 7.11 Å². The highest BCUT2D eigenvalue weighted by molar-refractivity contribution is 7.89. The SMILES string of the molecule is CCCC1CCN(S(=O)(=O)c2cc(CN)ccc2OC)C1. The lowest BCUT2D eigenvalue weighted by atomic mass is 10.0. The molecule has 1 fully saturated rings. The Morgan fingerprint density at radius 2 is 2.19 bits per heavy atom. The molecule has 0 radical (unpaired) electrons. The first kappa shape index (κ1) is 16.3. The van der Waals surface area contributed by atoms with Gasteiger partial charge in [-0.2, -0.15) is 4.31 Å². The molecule has 0 saturated carbocycles. The summed E-state index contributed by atoms with van der Waals surface area (Å²) in [6.45, 7) is 3.63. The van der Waals surface area contributed by atoms with Crippen LogP contribution in [0.2, 0.25) is 0 Å². The molecule has 5 nitrogen and oxygen atoms in total. The van der Waals surface area contributed by atoms with E-state index in [9.17, 15) is 8.42 Å². The van der Waals surface area contributed by atoms with Gasteiger partial charge in [0, 0.05) is 19.6 Å². The van der Waals surface area contributed by atoms with Gasteiger partial charge in [-0.3, -0.25) is 0 Å². The van der Waals surface area contributed by atoms with Gasteiger partial charge in [0.15, 0.2) is 0 Å². The molecule has 1 saturated heterocycles. The number of hydrogen-bond acceptors (Lipinski definition) is 4. The molecule has 1 heterocycles. The van der Waals surface area contributed by atoms with Crippen molar-refractivity contribution in [1.82, 2.24) is 4.31 Å². The maximum atomic E-state index is 12.8. The van der Waals surface area contributed by atoms with Crippen molar-refractivity contribution >= 4 is 10.0 Å². The van der Waals surface area contributed by atoms with Gasteiger partial charge in [0.05, 0.1) is 7.11 Å². The van der Waals surface area contributed by atoms with E-state index in [4.69, 9.17) is 10.5 Å². The first-order valence-electron chi connectivity index (χ1n) is 7.40. The fourth-order valence-electron chi connectivity index (χ4n) is 2.85. The molecule has 2 N–H and O–H groups in total. The van der Waals surface area contributed by atoms with Gasteiger partial charge in [-0.15, -0.1) is 0 Å². The van der Waals surface area contributed by atoms with Crippen LogP contribution in [0.3, 0.4) is 0 Å². The molecule has 0 amide bonds. The molecule has 0 spiro atoms. The Balaban J connectivity index is 2.31. The Morgan fingerprint density at radius 3 is 2.81 bits per heavy atom. The third-order valence-electron chi connectivity index (χ3n) is 4.03. The summed E-state index contributed by atoms with van der Waals surface area (Å²) in [5.74, 6) is 0.847. The van der Waals surface area contributed by atoms with Crippen LogP contribution in [0.15, 0.2) is 23.1 Å². The second kappa shape index (κ2) is 6.77. The Kier molecular flexibility index (Phi) is 5.24. The first-order chi connectivity index (χ1) is 10.0. The Bertz CT molecular complexity index is 587. The third kappa shape index (κ3) is 3.39.